The number of unbranched alkanes of at least 4 members (excludes halogenated alkanes) is 5. The number of imidazole rings is 1. The minimum Gasteiger partial charge on any atom is -0.382 e. The molecule has 0 spiro atoms. The van der Waals surface area contributed by atoms with Crippen molar-refractivity contribution in [3.63, 3.8) is 0 Å². The van der Waals surface area contributed by atoms with Crippen LogP contribution >= 0.6 is 0 Å². The number of hydrogen-bond donors (Lipinski definition) is 0. The van der Waals surface area contributed by atoms with Gasteiger partial charge in [-0.15, -0.1) is 0 Å². The van der Waals surface area contributed by atoms with E-state index in [4.69, 9.17) is 4.98 Å². The van der Waals surface area contributed by atoms with Gasteiger partial charge in [0.1, 0.15) is 20.1 Å². The zero-order valence-corrected chi connectivity index (χ0v) is 19.8. The van der Waals surface area contributed by atoms with Gasteiger partial charge in [-0.3, -0.25) is 0 Å². The van der Waals surface area contributed by atoms with Gasteiger partial charge in [-0.2, -0.15) is 0 Å². The first-order valence-corrected chi connectivity index (χ1v) is 17.0. The molecule has 26 heavy (non-hydrogen) atoms. The van der Waals surface area contributed by atoms with Crippen molar-refractivity contribution in [1.29, 1.82) is 0 Å². The second-order valence-electron chi connectivity index (χ2n) is 9.25. The number of anilines is 1. The Morgan fingerprint density at radius 1 is 0.885 bits per heavy atom. The van der Waals surface area contributed by atoms with Gasteiger partial charge in [0, 0.05) is 6.54 Å². The second kappa shape index (κ2) is 8.65. The first kappa shape index (κ1) is 21.1. The number of nitrogens with zero attached hydrogens (tertiary/aromatic N) is 5. The third-order valence-corrected chi connectivity index (χ3v) is 8.67. The lowest BCUT2D eigenvalue weighted by molar-refractivity contribution is 0.610. The summed E-state index contributed by atoms with van der Waals surface area (Å²) < 4.78 is 4.85. The summed E-state index contributed by atoms with van der Waals surface area (Å²) in [5.74, 6) is 1.04. The molecule has 0 aliphatic heterocycles. The van der Waals surface area contributed by atoms with Crippen LogP contribution in [0.5, 0.6) is 0 Å². The first-order chi connectivity index (χ1) is 12.2. The summed E-state index contributed by atoms with van der Waals surface area (Å²) >= 11 is 0. The van der Waals surface area contributed by atoms with Gasteiger partial charge >= 0.3 is 0 Å². The van der Waals surface area contributed by atoms with Crippen LogP contribution in [0.4, 0.5) is 5.82 Å². The summed E-state index contributed by atoms with van der Waals surface area (Å²) in [4.78, 5) is 14.0. The molecule has 0 fully saturated rings. The van der Waals surface area contributed by atoms with Gasteiger partial charge in [-0.1, -0.05) is 78.3 Å². The van der Waals surface area contributed by atoms with Gasteiger partial charge in [0.15, 0.2) is 19.7 Å². The highest BCUT2D eigenvalue weighted by atomic mass is 28.3. The van der Waals surface area contributed by atoms with Gasteiger partial charge in [0.05, 0.1) is 6.33 Å². The highest BCUT2D eigenvalue weighted by molar-refractivity contribution is 6.80. The molecule has 2 aromatic rings. The Kier molecular flexibility index (Phi) is 7.01. The summed E-state index contributed by atoms with van der Waals surface area (Å²) in [6.07, 6.45) is 11.6. The highest BCUT2D eigenvalue weighted by Gasteiger charge is 2.29. The van der Waals surface area contributed by atoms with Gasteiger partial charge in [0.25, 0.3) is 0 Å². The molecule has 0 aliphatic carbocycles. The summed E-state index contributed by atoms with van der Waals surface area (Å²) in [7, 11) is -3.09. The van der Waals surface area contributed by atoms with Crippen LogP contribution in [0.1, 0.15) is 45.4 Å². The average molecular weight is 392 g/mol. The minimum atomic E-state index is -1.55. The third kappa shape index (κ3) is 5.16. The molecule has 0 aliphatic rings. The van der Waals surface area contributed by atoms with Crippen molar-refractivity contribution >= 4 is 33.5 Å². The molecular formula is C19H37N5Si2. The van der Waals surface area contributed by atoms with Crippen LogP contribution in [-0.2, 0) is 0 Å². The Labute approximate surface area is 161 Å². The SMILES string of the molecule is CCCCCCCCN(c1ncnc2c1ncn2[Si](C)(C)C)[Si](C)(C)C. The van der Waals surface area contributed by atoms with E-state index < -0.39 is 16.5 Å². The molecule has 0 bridgehead atoms. The van der Waals surface area contributed by atoms with Crippen molar-refractivity contribution in [3.8, 4) is 0 Å². The molecule has 146 valence electrons. The van der Waals surface area contributed by atoms with Gasteiger partial charge in [-0.25, -0.2) is 15.0 Å². The fourth-order valence-corrected chi connectivity index (χ4v) is 6.15. The van der Waals surface area contributed by atoms with E-state index in [9.17, 15) is 0 Å². The largest absolute Gasteiger partial charge is 0.382 e. The maximum Gasteiger partial charge on any atom is 0.157 e. The van der Waals surface area contributed by atoms with Crippen molar-refractivity contribution in [1.82, 2.24) is 19.2 Å². The molecule has 2 aromatic heterocycles. The topological polar surface area (TPSA) is 46.8 Å². The van der Waals surface area contributed by atoms with Crippen LogP contribution in [0.2, 0.25) is 39.3 Å². The smallest absolute Gasteiger partial charge is 0.157 e. The molecule has 5 nitrogen and oxygen atoms in total. The predicted molar refractivity (Wildman–Crippen MR) is 118 cm³/mol. The quantitative estimate of drug-likeness (QED) is 0.395. The van der Waals surface area contributed by atoms with Crippen molar-refractivity contribution in [2.45, 2.75) is 84.7 Å². The molecule has 0 amide bonds. The standard InChI is InChI=1S/C19H37N5Si2/c1-8-9-10-11-12-13-14-23(25(2,3)4)18-17-19(21-15-20-18)24(16-22-17)26(5,6)7/h15-16H,8-14H2,1-7H3. The number of hydrogen-bond acceptors (Lipinski definition) is 4. The molecule has 7 heteroatoms. The summed E-state index contributed by atoms with van der Waals surface area (Å²) in [5.41, 5.74) is 1.98. The molecule has 2 heterocycles. The average Bonchev–Trinajstić information content (AvgIpc) is 2.97. The molecule has 0 atom stereocenters. The van der Waals surface area contributed by atoms with E-state index in [0.29, 0.717) is 0 Å². The van der Waals surface area contributed by atoms with E-state index >= 15 is 0 Å². The molecule has 0 radical (unpaired) electrons. The lowest BCUT2D eigenvalue weighted by Gasteiger charge is -2.35. The van der Waals surface area contributed by atoms with Crippen LogP contribution < -0.4 is 4.57 Å². The third-order valence-electron chi connectivity index (χ3n) is 4.84. The Morgan fingerprint density at radius 3 is 2.15 bits per heavy atom. The molecule has 0 saturated heterocycles. The molecule has 0 saturated carbocycles. The van der Waals surface area contributed by atoms with Crippen LogP contribution in [0.15, 0.2) is 12.7 Å². The fraction of sp³-hybridized carbons (Fsp3) is 0.737. The Bertz CT molecular complexity index is 700. The highest BCUT2D eigenvalue weighted by Crippen LogP contribution is 2.28. The lowest BCUT2D eigenvalue weighted by Crippen LogP contribution is -2.47. The maximum atomic E-state index is 4.74. The van der Waals surface area contributed by atoms with E-state index in [2.05, 4.69) is 65.0 Å². The number of fused-ring (bicyclic) bond motifs is 1. The molecule has 2 rings (SSSR count). The van der Waals surface area contributed by atoms with E-state index in [0.717, 1.165) is 23.5 Å². The van der Waals surface area contributed by atoms with E-state index in [1.165, 1.54) is 38.5 Å². The zero-order chi connectivity index (χ0) is 19.4. The van der Waals surface area contributed by atoms with Crippen molar-refractivity contribution in [3.05, 3.63) is 12.7 Å². The number of aromatic nitrogens is 4. The van der Waals surface area contributed by atoms with E-state index in [-0.39, 0.29) is 0 Å². The Hall–Kier alpha value is -1.22. The zero-order valence-electron chi connectivity index (χ0n) is 17.8. The summed E-state index contributed by atoms with van der Waals surface area (Å²) in [5, 5.41) is 0. The minimum absolute atomic E-state index is 0.975. The summed E-state index contributed by atoms with van der Waals surface area (Å²) in [6.45, 7) is 17.5. The van der Waals surface area contributed by atoms with Crippen LogP contribution in [-0.4, -0.2) is 42.2 Å². The predicted octanol–water partition coefficient (Wildman–Crippen LogP) is 5.51. The first-order valence-electron chi connectivity index (χ1n) is 10.1. The van der Waals surface area contributed by atoms with E-state index in [1.54, 1.807) is 6.33 Å². The molecule has 0 unspecified atom stereocenters. The van der Waals surface area contributed by atoms with Crippen LogP contribution in [0, 0.1) is 0 Å². The van der Waals surface area contributed by atoms with Crippen LogP contribution in [0.3, 0.4) is 0 Å². The Morgan fingerprint density at radius 2 is 1.54 bits per heavy atom. The second-order valence-corrected chi connectivity index (χ2v) is 19.0. The van der Waals surface area contributed by atoms with Crippen molar-refractivity contribution in [2.75, 3.05) is 11.1 Å². The number of rotatable bonds is 10. The molecular weight excluding hydrogens is 354 g/mol. The Balaban J connectivity index is 2.24. The van der Waals surface area contributed by atoms with Crippen molar-refractivity contribution in [2.24, 2.45) is 0 Å². The lowest BCUT2D eigenvalue weighted by atomic mass is 10.1. The van der Waals surface area contributed by atoms with Gasteiger partial charge in [-0.05, 0) is 6.42 Å². The monoisotopic (exact) mass is 391 g/mol. The molecule has 0 N–H and O–H groups in total. The fourth-order valence-electron chi connectivity index (χ4n) is 3.32. The maximum absolute atomic E-state index is 4.74. The van der Waals surface area contributed by atoms with Crippen LogP contribution in [0.25, 0.3) is 11.2 Å². The summed E-state index contributed by atoms with van der Waals surface area (Å²) in [6, 6.07) is 0. The van der Waals surface area contributed by atoms with Crippen molar-refractivity contribution < 1.29 is 0 Å². The van der Waals surface area contributed by atoms with E-state index in [1.807, 2.05) is 6.33 Å². The van der Waals surface area contributed by atoms with Gasteiger partial charge in [0.2, 0.25) is 0 Å². The molecule has 0 aromatic carbocycles. The normalized spacial score (nSPS) is 12.7. The van der Waals surface area contributed by atoms with Gasteiger partial charge < -0.3 is 8.80 Å².